The van der Waals surface area contributed by atoms with Crippen LogP contribution in [0.2, 0.25) is 0 Å². The fourth-order valence-electron chi connectivity index (χ4n) is 2.56. The Morgan fingerprint density at radius 3 is 2.60 bits per heavy atom. The van der Waals surface area contributed by atoms with Crippen molar-refractivity contribution in [2.75, 3.05) is 0 Å². The molecule has 5 nitrogen and oxygen atoms in total. The van der Waals surface area contributed by atoms with Crippen LogP contribution in [0.1, 0.15) is 16.7 Å². The molecule has 0 fully saturated rings. The van der Waals surface area contributed by atoms with Crippen molar-refractivity contribution in [3.05, 3.63) is 59.2 Å². The van der Waals surface area contributed by atoms with E-state index in [0.717, 1.165) is 36.3 Å². The zero-order valence-corrected chi connectivity index (χ0v) is 13.7. The zero-order chi connectivity index (χ0) is 18.1. The summed E-state index contributed by atoms with van der Waals surface area (Å²) in [4.78, 5) is -0.294. The number of ether oxygens (including phenoxy) is 1. The van der Waals surface area contributed by atoms with Crippen LogP contribution in [-0.4, -0.2) is 14.8 Å². The van der Waals surface area contributed by atoms with E-state index in [1.807, 2.05) is 18.2 Å². The average molecular weight is 372 g/mol. The smallest absolute Gasteiger partial charge is 0.406 e. The van der Waals surface area contributed by atoms with Gasteiger partial charge in [-0.2, -0.15) is 0 Å². The molecule has 9 heteroatoms. The summed E-state index contributed by atoms with van der Waals surface area (Å²) in [5, 5.41) is 3.19. The molecule has 1 aliphatic heterocycles. The highest BCUT2D eigenvalue weighted by Crippen LogP contribution is 2.25. The second-order valence-corrected chi connectivity index (χ2v) is 7.32. The van der Waals surface area contributed by atoms with Crippen LogP contribution in [0.3, 0.4) is 0 Å². The number of hydrogen-bond acceptors (Lipinski definition) is 4. The van der Waals surface area contributed by atoms with E-state index in [4.69, 9.17) is 0 Å². The van der Waals surface area contributed by atoms with E-state index in [1.165, 1.54) is 17.7 Å². The molecule has 25 heavy (non-hydrogen) atoms. The number of rotatable bonds is 5. The lowest BCUT2D eigenvalue weighted by Crippen LogP contribution is -2.23. The van der Waals surface area contributed by atoms with Gasteiger partial charge in [0, 0.05) is 25.7 Å². The summed E-state index contributed by atoms with van der Waals surface area (Å²) >= 11 is 0. The molecule has 0 radical (unpaired) electrons. The van der Waals surface area contributed by atoms with Gasteiger partial charge >= 0.3 is 6.36 Å². The summed E-state index contributed by atoms with van der Waals surface area (Å²) in [6.45, 7) is 1.56. The number of fused-ring (bicyclic) bond motifs is 1. The molecule has 1 heterocycles. The summed E-state index contributed by atoms with van der Waals surface area (Å²) in [7, 11) is -3.96. The summed E-state index contributed by atoms with van der Waals surface area (Å²) < 4.78 is 67.5. The first-order valence-electron chi connectivity index (χ1n) is 7.40. The SMILES string of the molecule is O=S(=O)(NCc1ccc2c(c1)CNC2)c1cccc(OC(F)(F)F)c1. The van der Waals surface area contributed by atoms with Crippen molar-refractivity contribution in [2.24, 2.45) is 0 Å². The number of nitrogens with one attached hydrogen (secondary N) is 2. The predicted molar refractivity (Wildman–Crippen MR) is 84.1 cm³/mol. The lowest BCUT2D eigenvalue weighted by Gasteiger charge is -2.11. The van der Waals surface area contributed by atoms with Crippen LogP contribution in [0.25, 0.3) is 0 Å². The lowest BCUT2D eigenvalue weighted by molar-refractivity contribution is -0.274. The Morgan fingerprint density at radius 1 is 1.08 bits per heavy atom. The summed E-state index contributed by atoms with van der Waals surface area (Å²) in [6, 6.07) is 9.92. The molecule has 0 saturated heterocycles. The third-order valence-corrected chi connectivity index (χ3v) is 5.12. The van der Waals surface area contributed by atoms with Gasteiger partial charge in [0.05, 0.1) is 4.90 Å². The molecule has 3 rings (SSSR count). The molecule has 0 bridgehead atoms. The van der Waals surface area contributed by atoms with E-state index in [9.17, 15) is 21.6 Å². The maximum Gasteiger partial charge on any atom is 0.573 e. The number of hydrogen-bond donors (Lipinski definition) is 2. The van der Waals surface area contributed by atoms with Gasteiger partial charge in [0.1, 0.15) is 5.75 Å². The van der Waals surface area contributed by atoms with Crippen LogP contribution in [-0.2, 0) is 29.7 Å². The van der Waals surface area contributed by atoms with Crippen molar-refractivity contribution >= 4 is 10.0 Å². The van der Waals surface area contributed by atoms with E-state index in [0.29, 0.717) is 0 Å². The maximum atomic E-state index is 12.3. The monoisotopic (exact) mass is 372 g/mol. The Labute approximate surface area is 142 Å². The molecular weight excluding hydrogens is 357 g/mol. The lowest BCUT2D eigenvalue weighted by atomic mass is 10.1. The van der Waals surface area contributed by atoms with Crippen molar-refractivity contribution in [2.45, 2.75) is 30.9 Å². The fourth-order valence-corrected chi connectivity index (χ4v) is 3.61. The molecule has 0 saturated carbocycles. The first-order chi connectivity index (χ1) is 11.7. The minimum atomic E-state index is -4.88. The highest BCUT2D eigenvalue weighted by Gasteiger charge is 2.31. The molecule has 2 N–H and O–H groups in total. The van der Waals surface area contributed by atoms with E-state index < -0.39 is 22.1 Å². The third kappa shape index (κ3) is 4.50. The Bertz CT molecular complexity index is 882. The van der Waals surface area contributed by atoms with Crippen molar-refractivity contribution in [3.8, 4) is 5.75 Å². The third-order valence-electron chi connectivity index (χ3n) is 3.72. The molecular formula is C16H15F3N2O3S. The Hall–Kier alpha value is -2.10. The summed E-state index contributed by atoms with van der Waals surface area (Å²) in [5.41, 5.74) is 3.05. The van der Waals surface area contributed by atoms with Crippen LogP contribution in [0.5, 0.6) is 5.75 Å². The van der Waals surface area contributed by atoms with Gasteiger partial charge in [-0.15, -0.1) is 13.2 Å². The van der Waals surface area contributed by atoms with Crippen LogP contribution in [0.15, 0.2) is 47.4 Å². The van der Waals surface area contributed by atoms with E-state index in [2.05, 4.69) is 14.8 Å². The molecule has 0 amide bonds. The Morgan fingerprint density at radius 2 is 1.84 bits per heavy atom. The molecule has 134 valence electrons. The van der Waals surface area contributed by atoms with Crippen molar-refractivity contribution in [1.29, 1.82) is 0 Å². The molecule has 2 aromatic carbocycles. The predicted octanol–water partition coefficient (Wildman–Crippen LogP) is 2.67. The first kappa shape index (κ1) is 17.7. The summed E-state index contributed by atoms with van der Waals surface area (Å²) in [5.74, 6) is -0.584. The van der Waals surface area contributed by atoms with Crippen LogP contribution < -0.4 is 14.8 Å². The van der Waals surface area contributed by atoms with Crippen molar-refractivity contribution < 1.29 is 26.3 Å². The molecule has 0 spiro atoms. The Balaban J connectivity index is 1.72. The highest BCUT2D eigenvalue weighted by atomic mass is 32.2. The number of benzene rings is 2. The molecule has 0 aliphatic carbocycles. The number of halogens is 3. The fraction of sp³-hybridized carbons (Fsp3) is 0.250. The van der Waals surface area contributed by atoms with Gasteiger partial charge in [0.15, 0.2) is 0 Å². The second kappa shape index (κ2) is 6.66. The standard InChI is InChI=1S/C16H15F3N2O3S/c17-16(18,19)24-14-2-1-3-15(7-14)25(22,23)21-8-11-4-5-12-9-20-10-13(12)6-11/h1-7,20-21H,8-10H2. The van der Waals surface area contributed by atoms with E-state index in [1.54, 1.807) is 0 Å². The number of alkyl halides is 3. The van der Waals surface area contributed by atoms with E-state index in [-0.39, 0.29) is 11.4 Å². The highest BCUT2D eigenvalue weighted by molar-refractivity contribution is 7.89. The topological polar surface area (TPSA) is 67.4 Å². The zero-order valence-electron chi connectivity index (χ0n) is 12.9. The minimum absolute atomic E-state index is 0.0416. The van der Waals surface area contributed by atoms with Gasteiger partial charge in [-0.25, -0.2) is 13.1 Å². The molecule has 0 atom stereocenters. The van der Waals surface area contributed by atoms with Gasteiger partial charge in [0.25, 0.3) is 0 Å². The molecule has 0 aromatic heterocycles. The molecule has 2 aromatic rings. The maximum absolute atomic E-state index is 12.3. The van der Waals surface area contributed by atoms with Gasteiger partial charge in [-0.1, -0.05) is 24.3 Å². The molecule has 0 unspecified atom stereocenters. The largest absolute Gasteiger partial charge is 0.573 e. The minimum Gasteiger partial charge on any atom is -0.406 e. The van der Waals surface area contributed by atoms with Crippen molar-refractivity contribution in [1.82, 2.24) is 10.0 Å². The van der Waals surface area contributed by atoms with E-state index >= 15 is 0 Å². The first-order valence-corrected chi connectivity index (χ1v) is 8.88. The molecule has 1 aliphatic rings. The van der Waals surface area contributed by atoms with Gasteiger partial charge < -0.3 is 10.1 Å². The van der Waals surface area contributed by atoms with Crippen molar-refractivity contribution in [3.63, 3.8) is 0 Å². The number of sulfonamides is 1. The van der Waals surface area contributed by atoms with Crippen LogP contribution in [0.4, 0.5) is 13.2 Å². The van der Waals surface area contributed by atoms with Gasteiger partial charge in [-0.3, -0.25) is 0 Å². The van der Waals surface area contributed by atoms with Crippen LogP contribution >= 0.6 is 0 Å². The van der Waals surface area contributed by atoms with Crippen LogP contribution in [0, 0.1) is 0 Å². The normalized spacial score (nSPS) is 14.4. The average Bonchev–Trinajstić information content (AvgIpc) is 2.99. The quantitative estimate of drug-likeness (QED) is 0.847. The van der Waals surface area contributed by atoms with Gasteiger partial charge in [0.2, 0.25) is 10.0 Å². The Kier molecular flexibility index (Phi) is 4.72. The second-order valence-electron chi connectivity index (χ2n) is 5.55. The van der Waals surface area contributed by atoms with Gasteiger partial charge in [-0.05, 0) is 28.8 Å². The summed E-state index contributed by atoms with van der Waals surface area (Å²) in [6.07, 6.45) is -4.88.